The van der Waals surface area contributed by atoms with E-state index in [-0.39, 0.29) is 18.6 Å². The van der Waals surface area contributed by atoms with Crippen LogP contribution in [0.15, 0.2) is 24.3 Å². The molecule has 1 unspecified atom stereocenters. The average Bonchev–Trinajstić information content (AvgIpc) is 2.27. The molecule has 0 bridgehead atoms. The van der Waals surface area contributed by atoms with E-state index in [0.29, 0.717) is 11.6 Å². The molecule has 0 fully saturated rings. The molecule has 1 N–H and O–H groups in total. The number of benzene rings is 1. The first-order valence-electron chi connectivity index (χ1n) is 5.26. The molecule has 0 saturated carbocycles. The Morgan fingerprint density at radius 1 is 1.44 bits per heavy atom. The van der Waals surface area contributed by atoms with Crippen LogP contribution in [0.3, 0.4) is 0 Å². The Kier molecular flexibility index (Phi) is 5.29. The molecule has 0 radical (unpaired) electrons. The predicted molar refractivity (Wildman–Crippen MR) is 64.5 cm³/mol. The van der Waals surface area contributed by atoms with Crippen LogP contribution in [0.2, 0.25) is 5.02 Å². The second kappa shape index (κ2) is 6.51. The first-order valence-corrected chi connectivity index (χ1v) is 5.64. The Bertz CT molecular complexity index is 337. The van der Waals surface area contributed by atoms with E-state index in [1.54, 1.807) is 0 Å². The summed E-state index contributed by atoms with van der Waals surface area (Å²) in [6.45, 7) is 4.43. The maximum atomic E-state index is 11.4. The molecule has 1 atom stereocenters. The Hall–Kier alpha value is -1.06. The Balaban J connectivity index is 2.48. The number of amides is 1. The van der Waals surface area contributed by atoms with Gasteiger partial charge in [0.25, 0.3) is 0 Å². The summed E-state index contributed by atoms with van der Waals surface area (Å²) in [5, 5.41) is 3.53. The summed E-state index contributed by atoms with van der Waals surface area (Å²) in [7, 11) is 0. The summed E-state index contributed by atoms with van der Waals surface area (Å²) < 4.78 is 5.02. The topological polar surface area (TPSA) is 38.3 Å². The molecule has 0 aliphatic heterocycles. The van der Waals surface area contributed by atoms with Crippen molar-refractivity contribution in [1.29, 1.82) is 0 Å². The van der Waals surface area contributed by atoms with E-state index in [2.05, 4.69) is 5.32 Å². The zero-order chi connectivity index (χ0) is 12.0. The molecule has 3 nitrogen and oxygen atoms in total. The molecule has 0 aromatic heterocycles. The number of nitrogens with one attached hydrogen (secondary N) is 1. The smallest absolute Gasteiger partial charge is 0.246 e. The third kappa shape index (κ3) is 4.21. The van der Waals surface area contributed by atoms with Crippen molar-refractivity contribution < 1.29 is 9.53 Å². The maximum Gasteiger partial charge on any atom is 0.246 e. The van der Waals surface area contributed by atoms with E-state index < -0.39 is 0 Å². The molecule has 0 heterocycles. The molecule has 0 saturated heterocycles. The van der Waals surface area contributed by atoms with E-state index in [1.807, 2.05) is 38.1 Å². The highest BCUT2D eigenvalue weighted by Gasteiger charge is 2.08. The van der Waals surface area contributed by atoms with Gasteiger partial charge in [0.15, 0.2) is 0 Å². The van der Waals surface area contributed by atoms with Gasteiger partial charge in [-0.3, -0.25) is 4.79 Å². The molecular formula is C12H16ClNO2. The largest absolute Gasteiger partial charge is 0.372 e. The van der Waals surface area contributed by atoms with Crippen molar-refractivity contribution in [2.45, 2.75) is 19.9 Å². The minimum Gasteiger partial charge on any atom is -0.372 e. The van der Waals surface area contributed by atoms with Gasteiger partial charge < -0.3 is 10.1 Å². The van der Waals surface area contributed by atoms with Crippen LogP contribution < -0.4 is 5.32 Å². The van der Waals surface area contributed by atoms with Gasteiger partial charge in [-0.1, -0.05) is 23.7 Å². The van der Waals surface area contributed by atoms with Gasteiger partial charge in [0, 0.05) is 11.6 Å². The van der Waals surface area contributed by atoms with Crippen LogP contribution in [-0.4, -0.2) is 19.1 Å². The van der Waals surface area contributed by atoms with Crippen LogP contribution in [0.1, 0.15) is 25.5 Å². The fourth-order valence-corrected chi connectivity index (χ4v) is 1.44. The summed E-state index contributed by atoms with van der Waals surface area (Å²) in [4.78, 5) is 11.4. The lowest BCUT2D eigenvalue weighted by molar-refractivity contribution is -0.126. The van der Waals surface area contributed by atoms with E-state index in [9.17, 15) is 4.79 Å². The third-order valence-electron chi connectivity index (χ3n) is 2.18. The van der Waals surface area contributed by atoms with E-state index in [0.717, 1.165) is 5.56 Å². The van der Waals surface area contributed by atoms with Crippen LogP contribution in [0.4, 0.5) is 0 Å². The number of hydrogen-bond acceptors (Lipinski definition) is 2. The summed E-state index contributed by atoms with van der Waals surface area (Å²) in [6.07, 6.45) is 0. The number of carbonyl (C=O) groups is 1. The second-order valence-corrected chi connectivity index (χ2v) is 3.91. The van der Waals surface area contributed by atoms with Gasteiger partial charge in [0.2, 0.25) is 5.91 Å². The molecule has 88 valence electrons. The van der Waals surface area contributed by atoms with E-state index in [1.165, 1.54) is 0 Å². The zero-order valence-corrected chi connectivity index (χ0v) is 10.3. The molecule has 1 aromatic carbocycles. The van der Waals surface area contributed by atoms with E-state index >= 15 is 0 Å². The van der Waals surface area contributed by atoms with Gasteiger partial charge in [-0.15, -0.1) is 0 Å². The van der Waals surface area contributed by atoms with Crippen molar-refractivity contribution in [3.8, 4) is 0 Å². The second-order valence-electron chi connectivity index (χ2n) is 3.48. The molecule has 1 amide bonds. The van der Waals surface area contributed by atoms with E-state index in [4.69, 9.17) is 16.3 Å². The van der Waals surface area contributed by atoms with Crippen molar-refractivity contribution >= 4 is 17.5 Å². The summed E-state index contributed by atoms with van der Waals surface area (Å²) in [5.41, 5.74) is 1.02. The number of halogens is 1. The van der Waals surface area contributed by atoms with Gasteiger partial charge in [-0.25, -0.2) is 0 Å². The number of carbonyl (C=O) groups excluding carboxylic acids is 1. The summed E-state index contributed by atoms with van der Waals surface area (Å²) in [5.74, 6) is -0.107. The molecule has 0 aliphatic carbocycles. The average molecular weight is 242 g/mol. The van der Waals surface area contributed by atoms with Crippen molar-refractivity contribution in [3.63, 3.8) is 0 Å². The van der Waals surface area contributed by atoms with Crippen LogP contribution in [0, 0.1) is 0 Å². The third-order valence-corrected chi connectivity index (χ3v) is 2.44. The highest BCUT2D eigenvalue weighted by atomic mass is 35.5. The van der Waals surface area contributed by atoms with Crippen LogP contribution in [-0.2, 0) is 9.53 Å². The molecule has 0 aliphatic rings. The van der Waals surface area contributed by atoms with Crippen molar-refractivity contribution in [2.24, 2.45) is 0 Å². The number of hydrogen-bond donors (Lipinski definition) is 1. The lowest BCUT2D eigenvalue weighted by Gasteiger charge is -2.14. The Morgan fingerprint density at radius 2 is 2.06 bits per heavy atom. The summed E-state index contributed by atoms with van der Waals surface area (Å²) >= 11 is 5.78. The van der Waals surface area contributed by atoms with Crippen LogP contribution in [0.5, 0.6) is 0 Å². The van der Waals surface area contributed by atoms with Gasteiger partial charge in [0.1, 0.15) is 6.61 Å². The lowest BCUT2D eigenvalue weighted by Crippen LogP contribution is -2.30. The molecular weight excluding hydrogens is 226 g/mol. The van der Waals surface area contributed by atoms with Crippen molar-refractivity contribution in [2.75, 3.05) is 13.2 Å². The maximum absolute atomic E-state index is 11.4. The zero-order valence-electron chi connectivity index (χ0n) is 9.50. The Labute approximate surface area is 101 Å². The minimum absolute atomic E-state index is 0.0368. The highest BCUT2D eigenvalue weighted by Crippen LogP contribution is 2.15. The molecule has 1 rings (SSSR count). The highest BCUT2D eigenvalue weighted by molar-refractivity contribution is 6.30. The van der Waals surface area contributed by atoms with Crippen molar-refractivity contribution in [1.82, 2.24) is 5.32 Å². The van der Waals surface area contributed by atoms with Gasteiger partial charge in [-0.2, -0.15) is 0 Å². The first-order chi connectivity index (χ1) is 7.63. The number of ether oxygens (including phenoxy) is 1. The van der Waals surface area contributed by atoms with Crippen LogP contribution >= 0.6 is 11.6 Å². The number of rotatable bonds is 5. The standard InChI is InChI=1S/C12H16ClNO2/c1-3-16-8-12(15)14-9(2)10-4-6-11(13)7-5-10/h4-7,9H,3,8H2,1-2H3,(H,14,15). The van der Waals surface area contributed by atoms with Crippen molar-refractivity contribution in [3.05, 3.63) is 34.9 Å². The fourth-order valence-electron chi connectivity index (χ4n) is 1.31. The SMILES string of the molecule is CCOCC(=O)NC(C)c1ccc(Cl)cc1. The monoisotopic (exact) mass is 241 g/mol. The fraction of sp³-hybridized carbons (Fsp3) is 0.417. The lowest BCUT2D eigenvalue weighted by atomic mass is 10.1. The Morgan fingerprint density at radius 3 is 2.62 bits per heavy atom. The summed E-state index contributed by atoms with van der Waals surface area (Å²) in [6, 6.07) is 7.37. The van der Waals surface area contributed by atoms with Gasteiger partial charge in [0.05, 0.1) is 6.04 Å². The minimum atomic E-state index is -0.107. The molecule has 4 heteroatoms. The van der Waals surface area contributed by atoms with Gasteiger partial charge in [-0.05, 0) is 31.5 Å². The van der Waals surface area contributed by atoms with Gasteiger partial charge >= 0.3 is 0 Å². The molecule has 1 aromatic rings. The quantitative estimate of drug-likeness (QED) is 0.861. The predicted octanol–water partition coefficient (Wildman–Crippen LogP) is 2.55. The first kappa shape index (κ1) is 13.0. The molecule has 16 heavy (non-hydrogen) atoms. The molecule has 0 spiro atoms. The normalized spacial score (nSPS) is 12.2. The van der Waals surface area contributed by atoms with Crippen LogP contribution in [0.25, 0.3) is 0 Å².